The average molecular weight is 295 g/mol. The molecule has 1 aromatic rings. The van der Waals surface area contributed by atoms with Crippen LogP contribution in [0.1, 0.15) is 18.9 Å². The standard InChI is InChI=1S/C15H21NO3S/c1-15(12-17,13-6-4-3-5-7-13)11-16(2)14-8-9-20(18,19)10-14/h3-7,12,14H,8-11H2,1-2H3. The van der Waals surface area contributed by atoms with Crippen LogP contribution in [-0.4, -0.2) is 50.7 Å². The topological polar surface area (TPSA) is 54.5 Å². The van der Waals surface area contributed by atoms with E-state index in [4.69, 9.17) is 0 Å². The van der Waals surface area contributed by atoms with E-state index in [0.29, 0.717) is 13.0 Å². The molecule has 0 radical (unpaired) electrons. The maximum absolute atomic E-state index is 11.6. The molecular weight excluding hydrogens is 274 g/mol. The number of sulfone groups is 1. The Morgan fingerprint density at radius 2 is 2.00 bits per heavy atom. The third-order valence-corrected chi connectivity index (χ3v) is 5.85. The number of hydrogen-bond donors (Lipinski definition) is 0. The summed E-state index contributed by atoms with van der Waals surface area (Å²) in [7, 11) is -0.998. The largest absolute Gasteiger partial charge is 0.302 e. The Bertz CT molecular complexity index is 570. The van der Waals surface area contributed by atoms with E-state index in [2.05, 4.69) is 0 Å². The summed E-state index contributed by atoms with van der Waals surface area (Å²) in [5.74, 6) is 0.457. The molecule has 1 aliphatic rings. The zero-order valence-corrected chi connectivity index (χ0v) is 12.8. The molecule has 0 spiro atoms. The van der Waals surface area contributed by atoms with Gasteiger partial charge in [-0.2, -0.15) is 0 Å². The molecule has 1 aliphatic heterocycles. The summed E-state index contributed by atoms with van der Waals surface area (Å²) in [5, 5.41) is 0. The Kier molecular flexibility index (Phi) is 4.30. The molecule has 0 bridgehead atoms. The van der Waals surface area contributed by atoms with Gasteiger partial charge in [0.2, 0.25) is 0 Å². The predicted molar refractivity (Wildman–Crippen MR) is 79.5 cm³/mol. The SMILES string of the molecule is CN(CC(C)(C=O)c1ccccc1)C1CCS(=O)(=O)C1. The number of benzene rings is 1. The lowest BCUT2D eigenvalue weighted by Gasteiger charge is -2.32. The average Bonchev–Trinajstić information content (AvgIpc) is 2.80. The number of carbonyl (C=O) groups excluding carboxylic acids is 1. The molecule has 5 heteroatoms. The van der Waals surface area contributed by atoms with Crippen molar-refractivity contribution in [3.8, 4) is 0 Å². The number of nitrogens with zero attached hydrogens (tertiary/aromatic N) is 1. The maximum Gasteiger partial charge on any atom is 0.151 e. The van der Waals surface area contributed by atoms with Gasteiger partial charge in [-0.05, 0) is 26.0 Å². The molecule has 110 valence electrons. The predicted octanol–water partition coefficient (Wildman–Crippen LogP) is 1.26. The van der Waals surface area contributed by atoms with E-state index in [1.165, 1.54) is 0 Å². The van der Waals surface area contributed by atoms with Gasteiger partial charge < -0.3 is 9.69 Å². The first kappa shape index (κ1) is 15.2. The van der Waals surface area contributed by atoms with Crippen molar-refractivity contribution in [2.75, 3.05) is 25.1 Å². The van der Waals surface area contributed by atoms with Crippen molar-refractivity contribution in [3.63, 3.8) is 0 Å². The zero-order chi connectivity index (χ0) is 14.8. The summed E-state index contributed by atoms with van der Waals surface area (Å²) in [6.45, 7) is 2.43. The Balaban J connectivity index is 2.12. The second-order valence-electron chi connectivity index (χ2n) is 5.87. The number of rotatable bonds is 5. The molecule has 4 nitrogen and oxygen atoms in total. The fourth-order valence-electron chi connectivity index (χ4n) is 2.79. The molecule has 20 heavy (non-hydrogen) atoms. The smallest absolute Gasteiger partial charge is 0.151 e. The van der Waals surface area contributed by atoms with E-state index in [1.54, 1.807) is 0 Å². The number of aldehydes is 1. The maximum atomic E-state index is 11.6. The molecule has 2 unspecified atom stereocenters. The van der Waals surface area contributed by atoms with Crippen LogP contribution in [0.3, 0.4) is 0 Å². The molecule has 2 rings (SSSR count). The lowest BCUT2D eigenvalue weighted by molar-refractivity contribution is -0.112. The highest BCUT2D eigenvalue weighted by Crippen LogP contribution is 2.25. The molecule has 1 aromatic carbocycles. The van der Waals surface area contributed by atoms with Crippen LogP contribution >= 0.6 is 0 Å². The monoisotopic (exact) mass is 295 g/mol. The third kappa shape index (κ3) is 3.27. The van der Waals surface area contributed by atoms with E-state index in [-0.39, 0.29) is 17.5 Å². The fourth-order valence-corrected chi connectivity index (χ4v) is 4.59. The molecular formula is C15H21NO3S. The summed E-state index contributed by atoms with van der Waals surface area (Å²) < 4.78 is 23.1. The van der Waals surface area contributed by atoms with Gasteiger partial charge in [-0.25, -0.2) is 8.42 Å². The second kappa shape index (κ2) is 5.66. The fraction of sp³-hybridized carbons (Fsp3) is 0.533. The Morgan fingerprint density at radius 1 is 1.35 bits per heavy atom. The number of hydrogen-bond acceptors (Lipinski definition) is 4. The first-order valence-electron chi connectivity index (χ1n) is 6.79. The summed E-state index contributed by atoms with van der Waals surface area (Å²) >= 11 is 0. The Labute approximate surface area is 120 Å². The molecule has 0 amide bonds. The van der Waals surface area contributed by atoms with Gasteiger partial charge in [0.25, 0.3) is 0 Å². The van der Waals surface area contributed by atoms with Crippen LogP contribution < -0.4 is 0 Å². The van der Waals surface area contributed by atoms with Crippen LogP contribution in [0.15, 0.2) is 30.3 Å². The van der Waals surface area contributed by atoms with Crippen LogP contribution in [0.2, 0.25) is 0 Å². The molecule has 1 fully saturated rings. The van der Waals surface area contributed by atoms with Gasteiger partial charge in [-0.1, -0.05) is 30.3 Å². The summed E-state index contributed by atoms with van der Waals surface area (Å²) in [4.78, 5) is 13.6. The molecule has 2 atom stereocenters. The normalized spacial score (nSPS) is 24.4. The minimum atomic E-state index is -2.90. The van der Waals surface area contributed by atoms with E-state index in [9.17, 15) is 13.2 Å². The van der Waals surface area contributed by atoms with Crippen molar-refractivity contribution < 1.29 is 13.2 Å². The minimum Gasteiger partial charge on any atom is -0.302 e. The summed E-state index contributed by atoms with van der Waals surface area (Å²) in [6.07, 6.45) is 1.62. The van der Waals surface area contributed by atoms with Gasteiger partial charge in [-0.3, -0.25) is 0 Å². The molecule has 0 aromatic heterocycles. The highest BCUT2D eigenvalue weighted by atomic mass is 32.2. The van der Waals surface area contributed by atoms with Crippen molar-refractivity contribution in [1.29, 1.82) is 0 Å². The van der Waals surface area contributed by atoms with E-state index in [1.807, 2.05) is 49.2 Å². The van der Waals surface area contributed by atoms with Gasteiger partial charge in [0.1, 0.15) is 6.29 Å². The van der Waals surface area contributed by atoms with Gasteiger partial charge in [-0.15, -0.1) is 0 Å². The van der Waals surface area contributed by atoms with Crippen molar-refractivity contribution >= 4 is 16.1 Å². The Hall–Kier alpha value is -1.20. The molecule has 1 saturated heterocycles. The van der Waals surface area contributed by atoms with Gasteiger partial charge in [0.15, 0.2) is 9.84 Å². The highest BCUT2D eigenvalue weighted by Gasteiger charge is 2.35. The summed E-state index contributed by atoms with van der Waals surface area (Å²) in [5.41, 5.74) is 0.352. The minimum absolute atomic E-state index is 0.0167. The van der Waals surface area contributed by atoms with Crippen LogP contribution in [-0.2, 0) is 20.0 Å². The zero-order valence-electron chi connectivity index (χ0n) is 12.0. The van der Waals surface area contributed by atoms with E-state index in [0.717, 1.165) is 11.8 Å². The number of likely N-dealkylation sites (N-methyl/N-ethyl adjacent to an activating group) is 1. The molecule has 0 N–H and O–H groups in total. The van der Waals surface area contributed by atoms with Crippen molar-refractivity contribution in [3.05, 3.63) is 35.9 Å². The van der Waals surface area contributed by atoms with Crippen LogP contribution in [0, 0.1) is 0 Å². The van der Waals surface area contributed by atoms with Crippen LogP contribution in [0.5, 0.6) is 0 Å². The quantitative estimate of drug-likeness (QED) is 0.768. The van der Waals surface area contributed by atoms with E-state index < -0.39 is 15.3 Å². The van der Waals surface area contributed by atoms with Gasteiger partial charge in [0.05, 0.1) is 16.9 Å². The highest BCUT2D eigenvalue weighted by molar-refractivity contribution is 7.91. The lowest BCUT2D eigenvalue weighted by Crippen LogP contribution is -2.43. The van der Waals surface area contributed by atoms with Crippen LogP contribution in [0.4, 0.5) is 0 Å². The molecule has 0 saturated carbocycles. The Morgan fingerprint density at radius 3 is 2.50 bits per heavy atom. The summed E-state index contributed by atoms with van der Waals surface area (Å²) in [6, 6.07) is 9.64. The first-order chi connectivity index (χ1) is 9.36. The van der Waals surface area contributed by atoms with Crippen LogP contribution in [0.25, 0.3) is 0 Å². The third-order valence-electron chi connectivity index (χ3n) is 4.10. The van der Waals surface area contributed by atoms with Gasteiger partial charge in [0, 0.05) is 12.6 Å². The lowest BCUT2D eigenvalue weighted by atomic mass is 9.83. The first-order valence-corrected chi connectivity index (χ1v) is 8.61. The van der Waals surface area contributed by atoms with Crippen molar-refractivity contribution in [2.45, 2.75) is 24.8 Å². The number of carbonyl (C=O) groups is 1. The second-order valence-corrected chi connectivity index (χ2v) is 8.10. The van der Waals surface area contributed by atoms with Crippen molar-refractivity contribution in [2.24, 2.45) is 0 Å². The molecule has 1 heterocycles. The van der Waals surface area contributed by atoms with E-state index >= 15 is 0 Å². The van der Waals surface area contributed by atoms with Crippen molar-refractivity contribution in [1.82, 2.24) is 4.90 Å². The van der Waals surface area contributed by atoms with Gasteiger partial charge >= 0.3 is 0 Å². The molecule has 0 aliphatic carbocycles.